The van der Waals surface area contributed by atoms with Crippen LogP contribution in [-0.2, 0) is 10.0 Å². The molecule has 0 fully saturated rings. The van der Waals surface area contributed by atoms with Crippen molar-refractivity contribution in [3.8, 4) is 11.1 Å². The van der Waals surface area contributed by atoms with Gasteiger partial charge in [-0.1, -0.05) is 24.3 Å². The topological polar surface area (TPSA) is 120 Å². The Balaban J connectivity index is 1.48. The van der Waals surface area contributed by atoms with Crippen LogP contribution in [0.1, 0.15) is 20.7 Å². The van der Waals surface area contributed by atoms with E-state index in [4.69, 9.17) is 0 Å². The SMILES string of the molecule is CN(c1ccccc1-c1ccc2c(c1)Nc1ccc(C(=O)Nc3ccncc3)cc1NC2=O)S(C)(=O)=O. The highest BCUT2D eigenvalue weighted by Crippen LogP contribution is 2.38. The summed E-state index contributed by atoms with van der Waals surface area (Å²) < 4.78 is 25.6. The van der Waals surface area contributed by atoms with Crippen molar-refractivity contribution in [1.29, 1.82) is 0 Å². The minimum Gasteiger partial charge on any atom is -0.353 e. The van der Waals surface area contributed by atoms with E-state index in [0.29, 0.717) is 45.1 Å². The third-order valence-electron chi connectivity index (χ3n) is 6.05. The Bertz CT molecular complexity index is 1640. The zero-order valence-corrected chi connectivity index (χ0v) is 20.8. The average molecular weight is 514 g/mol. The molecule has 2 heterocycles. The number of amides is 2. The number of rotatable bonds is 5. The molecule has 5 rings (SSSR count). The Hall–Kier alpha value is -4.70. The predicted molar refractivity (Wildman–Crippen MR) is 145 cm³/mol. The maximum absolute atomic E-state index is 13.0. The van der Waals surface area contributed by atoms with E-state index in [-0.39, 0.29) is 11.8 Å². The molecule has 0 unspecified atom stereocenters. The van der Waals surface area contributed by atoms with E-state index in [1.165, 1.54) is 11.4 Å². The molecule has 1 aliphatic rings. The van der Waals surface area contributed by atoms with Crippen LogP contribution in [0.25, 0.3) is 11.1 Å². The third-order valence-corrected chi connectivity index (χ3v) is 7.25. The summed E-state index contributed by atoms with van der Waals surface area (Å²) in [7, 11) is -1.97. The highest BCUT2D eigenvalue weighted by atomic mass is 32.2. The quantitative estimate of drug-likeness (QED) is 0.356. The number of hydrogen-bond acceptors (Lipinski definition) is 6. The Morgan fingerprint density at radius 3 is 2.38 bits per heavy atom. The lowest BCUT2D eigenvalue weighted by Crippen LogP contribution is -2.25. The number of carbonyl (C=O) groups is 2. The fourth-order valence-electron chi connectivity index (χ4n) is 4.06. The molecule has 3 N–H and O–H groups in total. The zero-order valence-electron chi connectivity index (χ0n) is 20.0. The first-order chi connectivity index (χ1) is 17.7. The number of nitrogens with zero attached hydrogens (tertiary/aromatic N) is 2. The Morgan fingerprint density at radius 2 is 1.62 bits per heavy atom. The smallest absolute Gasteiger partial charge is 0.257 e. The van der Waals surface area contributed by atoms with Gasteiger partial charge in [-0.2, -0.15) is 0 Å². The monoisotopic (exact) mass is 513 g/mol. The fourth-order valence-corrected chi connectivity index (χ4v) is 4.57. The molecule has 4 aromatic rings. The van der Waals surface area contributed by atoms with Gasteiger partial charge in [0.15, 0.2) is 0 Å². The minimum atomic E-state index is -3.47. The van der Waals surface area contributed by atoms with Crippen molar-refractivity contribution in [2.75, 3.05) is 33.6 Å². The predicted octanol–water partition coefficient (Wildman–Crippen LogP) is 4.71. The van der Waals surface area contributed by atoms with Gasteiger partial charge in [0.05, 0.1) is 34.6 Å². The molecule has 0 saturated heterocycles. The van der Waals surface area contributed by atoms with Crippen LogP contribution in [0.3, 0.4) is 0 Å². The van der Waals surface area contributed by atoms with Gasteiger partial charge in [-0.05, 0) is 54.1 Å². The van der Waals surface area contributed by atoms with Gasteiger partial charge in [-0.3, -0.25) is 18.9 Å². The number of para-hydroxylation sites is 1. The maximum Gasteiger partial charge on any atom is 0.257 e. The van der Waals surface area contributed by atoms with Gasteiger partial charge >= 0.3 is 0 Å². The molecule has 0 radical (unpaired) electrons. The van der Waals surface area contributed by atoms with Crippen LogP contribution >= 0.6 is 0 Å². The molecule has 9 nitrogen and oxygen atoms in total. The van der Waals surface area contributed by atoms with Gasteiger partial charge in [0.25, 0.3) is 11.8 Å². The lowest BCUT2D eigenvalue weighted by atomic mass is 10.0. The number of hydrogen-bond donors (Lipinski definition) is 3. The van der Waals surface area contributed by atoms with Crippen LogP contribution in [0, 0.1) is 0 Å². The van der Waals surface area contributed by atoms with E-state index >= 15 is 0 Å². The zero-order chi connectivity index (χ0) is 26.2. The number of anilines is 5. The Kier molecular flexibility index (Phi) is 6.10. The molecular weight excluding hydrogens is 490 g/mol. The van der Waals surface area contributed by atoms with E-state index in [1.807, 2.05) is 18.2 Å². The number of benzene rings is 3. The molecule has 10 heteroatoms. The van der Waals surface area contributed by atoms with Crippen molar-refractivity contribution in [3.05, 3.63) is 96.3 Å². The molecule has 0 saturated carbocycles. The normalized spacial score (nSPS) is 12.3. The molecule has 1 aromatic heterocycles. The van der Waals surface area contributed by atoms with Gasteiger partial charge in [0.1, 0.15) is 0 Å². The van der Waals surface area contributed by atoms with Crippen molar-refractivity contribution < 1.29 is 18.0 Å². The Morgan fingerprint density at radius 1 is 0.865 bits per heavy atom. The number of pyridine rings is 1. The molecule has 0 spiro atoms. The molecular formula is C27H23N5O4S. The second-order valence-corrected chi connectivity index (χ2v) is 10.6. The minimum absolute atomic E-state index is 0.320. The second kappa shape index (κ2) is 9.40. The number of aromatic nitrogens is 1. The van der Waals surface area contributed by atoms with Crippen LogP contribution < -0.4 is 20.3 Å². The van der Waals surface area contributed by atoms with E-state index < -0.39 is 10.0 Å². The molecule has 0 aliphatic carbocycles. The van der Waals surface area contributed by atoms with Crippen molar-refractivity contribution in [2.24, 2.45) is 0 Å². The van der Waals surface area contributed by atoms with Crippen molar-refractivity contribution in [1.82, 2.24) is 4.98 Å². The first kappa shape index (κ1) is 24.0. The van der Waals surface area contributed by atoms with Gasteiger partial charge < -0.3 is 16.0 Å². The van der Waals surface area contributed by atoms with Gasteiger partial charge in [0, 0.05) is 36.3 Å². The highest BCUT2D eigenvalue weighted by Gasteiger charge is 2.22. The molecule has 186 valence electrons. The summed E-state index contributed by atoms with van der Waals surface area (Å²) in [4.78, 5) is 29.7. The summed E-state index contributed by atoms with van der Waals surface area (Å²) in [6.45, 7) is 0. The van der Waals surface area contributed by atoms with Crippen LogP contribution in [0.15, 0.2) is 85.2 Å². The number of carbonyl (C=O) groups excluding carboxylic acids is 2. The maximum atomic E-state index is 13.0. The summed E-state index contributed by atoms with van der Waals surface area (Å²) in [5, 5.41) is 8.95. The van der Waals surface area contributed by atoms with Crippen LogP contribution in [0.2, 0.25) is 0 Å². The van der Waals surface area contributed by atoms with Crippen LogP contribution in [-0.4, -0.2) is 38.5 Å². The third kappa shape index (κ3) is 4.87. The highest BCUT2D eigenvalue weighted by molar-refractivity contribution is 7.92. The molecule has 0 bridgehead atoms. The second-order valence-electron chi connectivity index (χ2n) is 8.54. The first-order valence-corrected chi connectivity index (χ1v) is 13.2. The number of fused-ring (bicyclic) bond motifs is 2. The summed E-state index contributed by atoms with van der Waals surface area (Å²) in [5.74, 6) is -0.653. The average Bonchev–Trinajstić information content (AvgIpc) is 3.02. The van der Waals surface area contributed by atoms with Crippen LogP contribution in [0.4, 0.5) is 28.4 Å². The van der Waals surface area contributed by atoms with E-state index in [1.54, 1.807) is 67.0 Å². The number of sulfonamides is 1. The van der Waals surface area contributed by atoms with E-state index in [2.05, 4.69) is 20.9 Å². The van der Waals surface area contributed by atoms with Gasteiger partial charge in [-0.25, -0.2) is 8.42 Å². The van der Waals surface area contributed by atoms with Crippen molar-refractivity contribution >= 4 is 50.3 Å². The van der Waals surface area contributed by atoms with Crippen LogP contribution in [0.5, 0.6) is 0 Å². The summed E-state index contributed by atoms with van der Waals surface area (Å²) in [6, 6.07) is 20.8. The summed E-state index contributed by atoms with van der Waals surface area (Å²) >= 11 is 0. The molecule has 3 aromatic carbocycles. The standard InChI is InChI=1S/C27H23N5O4S/c1-32(37(2,35)36)25-6-4-3-5-20(25)17-7-9-21-23(15-17)30-22-10-8-18(16-24(22)31-27(21)34)26(33)29-19-11-13-28-14-12-19/h3-16,30H,1-2H3,(H,31,34)(H,28,29,33). The number of nitrogens with one attached hydrogen (secondary N) is 3. The van der Waals surface area contributed by atoms with Crippen molar-refractivity contribution in [3.63, 3.8) is 0 Å². The summed E-state index contributed by atoms with van der Waals surface area (Å²) in [6.07, 6.45) is 4.31. The largest absolute Gasteiger partial charge is 0.353 e. The van der Waals surface area contributed by atoms with E-state index in [0.717, 1.165) is 11.8 Å². The lowest BCUT2D eigenvalue weighted by Gasteiger charge is -2.21. The summed E-state index contributed by atoms with van der Waals surface area (Å²) in [5.41, 5.74) is 4.99. The molecule has 2 amide bonds. The van der Waals surface area contributed by atoms with Gasteiger partial charge in [-0.15, -0.1) is 0 Å². The molecule has 0 atom stereocenters. The molecule has 37 heavy (non-hydrogen) atoms. The fraction of sp³-hybridized carbons (Fsp3) is 0.0741. The van der Waals surface area contributed by atoms with Gasteiger partial charge in [0.2, 0.25) is 10.0 Å². The Labute approximate surface area is 214 Å². The lowest BCUT2D eigenvalue weighted by molar-refractivity contribution is 0.101. The van der Waals surface area contributed by atoms with Crippen molar-refractivity contribution in [2.45, 2.75) is 0 Å². The molecule has 1 aliphatic heterocycles. The first-order valence-electron chi connectivity index (χ1n) is 11.3. The van der Waals surface area contributed by atoms with E-state index in [9.17, 15) is 18.0 Å².